The summed E-state index contributed by atoms with van der Waals surface area (Å²) >= 11 is 3.40. The quantitative estimate of drug-likeness (QED) is 0.629. The number of alkyl halides is 2. The molecule has 5 heteroatoms. The molecule has 0 saturated heterocycles. The minimum Gasteiger partial charge on any atom is -0.207 e. The van der Waals surface area contributed by atoms with Crippen molar-refractivity contribution in [3.05, 3.63) is 30.7 Å². The minimum absolute atomic E-state index is 0.0856. The Hall–Kier alpha value is 0.470. The van der Waals surface area contributed by atoms with Gasteiger partial charge in [0, 0.05) is 12.7 Å². The molecule has 0 spiro atoms. The molecule has 0 saturated carbocycles. The maximum atomic E-state index is 12.6. The van der Waals surface area contributed by atoms with Crippen LogP contribution in [0, 0.1) is 13.0 Å². The molecule has 0 unspecified atom stereocenters. The number of hydrogen-bond acceptors (Lipinski definition) is 0. The molecule has 12 heavy (non-hydrogen) atoms. The lowest BCUT2D eigenvalue weighted by molar-refractivity contribution is 0.149. The zero-order valence-electron chi connectivity index (χ0n) is 5.62. The summed E-state index contributed by atoms with van der Waals surface area (Å²) in [6.07, 6.45) is -2.54. The predicted octanol–water partition coefficient (Wildman–Crippen LogP) is 3.97. The molecule has 0 amide bonds. The van der Waals surface area contributed by atoms with E-state index in [1.54, 1.807) is 45.2 Å². The molecule has 0 N–H and O–H groups in total. The summed E-state index contributed by atoms with van der Waals surface area (Å²) in [5.41, 5.74) is -0.0856. The standard InChI is InChI=1S/C7H3F3I2/c8-3-1-4(11)6(7(9)10)5(12)2-3/h1-2,7H. The molecule has 0 bridgehead atoms. The van der Waals surface area contributed by atoms with E-state index in [0.29, 0.717) is 0 Å². The highest BCUT2D eigenvalue weighted by Crippen LogP contribution is 2.29. The fourth-order valence-corrected chi connectivity index (χ4v) is 2.92. The molecule has 66 valence electrons. The Balaban J connectivity index is 3.28. The van der Waals surface area contributed by atoms with Crippen molar-refractivity contribution in [1.29, 1.82) is 0 Å². The monoisotopic (exact) mass is 398 g/mol. The van der Waals surface area contributed by atoms with Gasteiger partial charge in [-0.2, -0.15) is 0 Å². The van der Waals surface area contributed by atoms with Gasteiger partial charge in [0.1, 0.15) is 5.82 Å². The Bertz CT molecular complexity index is 276. The van der Waals surface area contributed by atoms with Crippen LogP contribution >= 0.6 is 45.2 Å². The van der Waals surface area contributed by atoms with Crippen LogP contribution in [0.1, 0.15) is 12.0 Å². The van der Waals surface area contributed by atoms with E-state index in [4.69, 9.17) is 0 Å². The van der Waals surface area contributed by atoms with Gasteiger partial charge in [0.25, 0.3) is 6.43 Å². The summed E-state index contributed by atoms with van der Waals surface area (Å²) in [6, 6.07) is 2.20. The van der Waals surface area contributed by atoms with Gasteiger partial charge >= 0.3 is 0 Å². The molecule has 0 fully saturated rings. The van der Waals surface area contributed by atoms with E-state index in [0.717, 1.165) is 12.1 Å². The maximum absolute atomic E-state index is 12.6. The lowest BCUT2D eigenvalue weighted by Crippen LogP contribution is -1.95. The van der Waals surface area contributed by atoms with Crippen molar-refractivity contribution in [3.8, 4) is 0 Å². The molecule has 0 aliphatic carbocycles. The molecule has 1 aromatic rings. The fraction of sp³-hybridized carbons (Fsp3) is 0.143. The second-order valence-corrected chi connectivity index (χ2v) is 4.41. The van der Waals surface area contributed by atoms with E-state index in [-0.39, 0.29) is 12.7 Å². The molecule has 0 heterocycles. The Morgan fingerprint density at radius 2 is 1.50 bits per heavy atom. The Morgan fingerprint density at radius 3 is 1.83 bits per heavy atom. The lowest BCUT2D eigenvalue weighted by Gasteiger charge is -2.05. The van der Waals surface area contributed by atoms with Gasteiger partial charge in [-0.25, -0.2) is 13.2 Å². The highest BCUT2D eigenvalue weighted by atomic mass is 127. The van der Waals surface area contributed by atoms with E-state index in [1.807, 2.05) is 0 Å². The van der Waals surface area contributed by atoms with Crippen molar-refractivity contribution >= 4 is 45.2 Å². The zero-order valence-corrected chi connectivity index (χ0v) is 9.94. The van der Waals surface area contributed by atoms with Gasteiger partial charge in [-0.1, -0.05) is 0 Å². The van der Waals surface area contributed by atoms with Crippen LogP contribution in [-0.4, -0.2) is 0 Å². The minimum atomic E-state index is -2.54. The molecule has 0 aliphatic heterocycles. The van der Waals surface area contributed by atoms with Crippen LogP contribution in [0.4, 0.5) is 13.2 Å². The van der Waals surface area contributed by atoms with Gasteiger partial charge in [-0.05, 0) is 57.3 Å². The average molecular weight is 398 g/mol. The smallest absolute Gasteiger partial charge is 0.207 e. The molecule has 0 aromatic heterocycles. The van der Waals surface area contributed by atoms with Crippen molar-refractivity contribution in [2.75, 3.05) is 0 Å². The van der Waals surface area contributed by atoms with Gasteiger partial charge in [-0.3, -0.25) is 0 Å². The van der Waals surface area contributed by atoms with Gasteiger partial charge in [0.15, 0.2) is 0 Å². The SMILES string of the molecule is Fc1cc(I)c(C(F)F)c(I)c1. The largest absolute Gasteiger partial charge is 0.265 e. The number of benzene rings is 1. The van der Waals surface area contributed by atoms with Crippen molar-refractivity contribution in [3.63, 3.8) is 0 Å². The first-order valence-electron chi connectivity index (χ1n) is 2.95. The normalized spacial score (nSPS) is 10.8. The van der Waals surface area contributed by atoms with E-state index >= 15 is 0 Å². The third-order valence-electron chi connectivity index (χ3n) is 1.26. The first kappa shape index (κ1) is 10.6. The number of rotatable bonds is 1. The fourth-order valence-electron chi connectivity index (χ4n) is 0.762. The Labute approximate surface area is 94.8 Å². The van der Waals surface area contributed by atoms with Crippen LogP contribution in [0.5, 0.6) is 0 Å². The summed E-state index contributed by atoms with van der Waals surface area (Å²) in [5.74, 6) is -0.479. The summed E-state index contributed by atoms with van der Waals surface area (Å²) in [5, 5.41) is 0. The predicted molar refractivity (Wildman–Crippen MR) is 56.8 cm³/mol. The molecular weight excluding hydrogens is 395 g/mol. The average Bonchev–Trinajstić information content (AvgIpc) is 1.82. The van der Waals surface area contributed by atoms with Crippen molar-refractivity contribution in [2.24, 2.45) is 0 Å². The first-order chi connectivity index (χ1) is 5.52. The number of hydrogen-bond donors (Lipinski definition) is 0. The van der Waals surface area contributed by atoms with Gasteiger partial charge in [-0.15, -0.1) is 0 Å². The summed E-state index contributed by atoms with van der Waals surface area (Å²) in [4.78, 5) is 0. The van der Waals surface area contributed by atoms with E-state index in [1.165, 1.54) is 0 Å². The van der Waals surface area contributed by atoms with Crippen LogP contribution in [0.25, 0.3) is 0 Å². The summed E-state index contributed by atoms with van der Waals surface area (Å²) in [7, 11) is 0. The first-order valence-corrected chi connectivity index (χ1v) is 5.10. The highest BCUT2D eigenvalue weighted by molar-refractivity contribution is 14.1. The highest BCUT2D eigenvalue weighted by Gasteiger charge is 2.16. The molecule has 1 rings (SSSR count). The van der Waals surface area contributed by atoms with E-state index in [2.05, 4.69) is 0 Å². The maximum Gasteiger partial charge on any atom is 0.265 e. The number of halogens is 5. The van der Waals surface area contributed by atoms with Crippen molar-refractivity contribution in [1.82, 2.24) is 0 Å². The Morgan fingerprint density at radius 1 is 1.08 bits per heavy atom. The van der Waals surface area contributed by atoms with Gasteiger partial charge in [0.05, 0.1) is 0 Å². The van der Waals surface area contributed by atoms with E-state index in [9.17, 15) is 13.2 Å². The third kappa shape index (κ3) is 2.24. The second-order valence-electron chi connectivity index (χ2n) is 2.08. The summed E-state index contributed by atoms with van der Waals surface area (Å²) < 4.78 is 37.7. The van der Waals surface area contributed by atoms with Crippen LogP contribution in [0.3, 0.4) is 0 Å². The van der Waals surface area contributed by atoms with Crippen molar-refractivity contribution in [2.45, 2.75) is 6.43 Å². The van der Waals surface area contributed by atoms with E-state index < -0.39 is 12.2 Å². The molecule has 0 atom stereocenters. The lowest BCUT2D eigenvalue weighted by atomic mass is 10.2. The van der Waals surface area contributed by atoms with Crippen LogP contribution in [-0.2, 0) is 0 Å². The topological polar surface area (TPSA) is 0 Å². The molecular formula is C7H3F3I2. The zero-order chi connectivity index (χ0) is 9.30. The van der Waals surface area contributed by atoms with Crippen LogP contribution in [0.15, 0.2) is 12.1 Å². The molecule has 0 radical (unpaired) electrons. The van der Waals surface area contributed by atoms with Crippen LogP contribution < -0.4 is 0 Å². The molecule has 0 aliphatic rings. The Kier molecular flexibility index (Phi) is 3.62. The molecule has 0 nitrogen and oxygen atoms in total. The van der Waals surface area contributed by atoms with Gasteiger partial charge < -0.3 is 0 Å². The second kappa shape index (κ2) is 4.12. The summed E-state index contributed by atoms with van der Waals surface area (Å²) in [6.45, 7) is 0. The van der Waals surface area contributed by atoms with Gasteiger partial charge in [0.2, 0.25) is 0 Å². The van der Waals surface area contributed by atoms with Crippen LogP contribution in [0.2, 0.25) is 0 Å². The van der Waals surface area contributed by atoms with Crippen molar-refractivity contribution < 1.29 is 13.2 Å². The third-order valence-corrected chi connectivity index (χ3v) is 3.05. The molecule has 1 aromatic carbocycles.